The molecule has 1 rings (SSSR count). The number of hydrogen-bond donors (Lipinski definition) is 2. The van der Waals surface area contributed by atoms with Gasteiger partial charge < -0.3 is 9.84 Å². The first-order valence-electron chi connectivity index (χ1n) is 5.04. The lowest BCUT2D eigenvalue weighted by Gasteiger charge is -2.10. The molecule has 0 bridgehead atoms. The maximum absolute atomic E-state index is 13.8. The summed E-state index contributed by atoms with van der Waals surface area (Å²) in [4.78, 5) is 22.2. The molecule has 18 heavy (non-hydrogen) atoms. The number of amides is 1. The number of anilines is 1. The zero-order valence-corrected chi connectivity index (χ0v) is 9.70. The van der Waals surface area contributed by atoms with Crippen molar-refractivity contribution in [1.82, 2.24) is 0 Å². The number of carboxylic acid groups (broad SMARTS) is 1. The first-order valence-corrected chi connectivity index (χ1v) is 5.04. The Balaban J connectivity index is 3.05. The van der Waals surface area contributed by atoms with E-state index in [-0.39, 0.29) is 17.7 Å². The molecule has 0 aliphatic heterocycles. The van der Waals surface area contributed by atoms with E-state index in [1.54, 1.807) is 0 Å². The molecule has 0 unspecified atom stereocenters. The van der Waals surface area contributed by atoms with Gasteiger partial charge in [-0.15, -0.1) is 0 Å². The maximum atomic E-state index is 13.8. The highest BCUT2D eigenvalue weighted by Crippen LogP contribution is 2.23. The van der Waals surface area contributed by atoms with Gasteiger partial charge in [0, 0.05) is 0 Å². The lowest BCUT2D eigenvalue weighted by molar-refractivity contribution is 0.0697. The predicted octanol–water partition coefficient (Wildman–Crippen LogP) is 2.57. The number of aryl methyl sites for hydroxylation is 1. The van der Waals surface area contributed by atoms with Gasteiger partial charge in [-0.25, -0.2) is 14.0 Å². The van der Waals surface area contributed by atoms with Gasteiger partial charge in [0.05, 0.1) is 11.3 Å². The Morgan fingerprint density at radius 1 is 1.56 bits per heavy atom. The molecule has 0 fully saturated rings. The maximum Gasteiger partial charge on any atom is 0.412 e. The predicted molar refractivity (Wildman–Crippen MR) is 63.3 cm³/mol. The fourth-order valence-electron chi connectivity index (χ4n) is 1.25. The number of halogens is 1. The molecule has 0 saturated heterocycles. The van der Waals surface area contributed by atoms with Gasteiger partial charge in [-0.3, -0.25) is 5.32 Å². The van der Waals surface area contributed by atoms with Crippen LogP contribution >= 0.6 is 0 Å². The molecule has 0 aromatic heterocycles. The Kier molecular flexibility index (Phi) is 4.42. The number of rotatable bonds is 4. The standard InChI is InChI=1S/C12H12FNO4/c1-3-6-18-12(17)14-10-8(11(15)16)5-4-7(2)9(10)13/h3-5H,1,6H2,2H3,(H,14,17)(H,15,16). The van der Waals surface area contributed by atoms with E-state index in [0.29, 0.717) is 0 Å². The van der Waals surface area contributed by atoms with Gasteiger partial charge in [-0.05, 0) is 18.6 Å². The van der Waals surface area contributed by atoms with Gasteiger partial charge in [0.2, 0.25) is 0 Å². The highest BCUT2D eigenvalue weighted by Gasteiger charge is 2.18. The molecule has 0 saturated carbocycles. The first-order chi connectivity index (χ1) is 8.47. The van der Waals surface area contributed by atoms with E-state index in [1.807, 2.05) is 0 Å². The number of hydrogen-bond acceptors (Lipinski definition) is 3. The normalized spacial score (nSPS) is 9.67. The van der Waals surface area contributed by atoms with Crippen molar-refractivity contribution in [2.45, 2.75) is 6.92 Å². The van der Waals surface area contributed by atoms with Crippen molar-refractivity contribution in [2.75, 3.05) is 11.9 Å². The molecule has 6 heteroatoms. The number of carbonyl (C=O) groups is 2. The van der Waals surface area contributed by atoms with Gasteiger partial charge in [0.1, 0.15) is 6.61 Å². The summed E-state index contributed by atoms with van der Waals surface area (Å²) in [6, 6.07) is 2.53. The molecular weight excluding hydrogens is 241 g/mol. The Morgan fingerprint density at radius 2 is 2.22 bits per heavy atom. The van der Waals surface area contributed by atoms with Crippen LogP contribution in [0, 0.1) is 12.7 Å². The zero-order valence-electron chi connectivity index (χ0n) is 9.70. The summed E-state index contributed by atoms with van der Waals surface area (Å²) in [5, 5.41) is 11.0. The van der Waals surface area contributed by atoms with Gasteiger partial charge in [-0.1, -0.05) is 18.7 Å². The quantitative estimate of drug-likeness (QED) is 0.808. The molecule has 1 aromatic carbocycles. The molecule has 5 nitrogen and oxygen atoms in total. The largest absolute Gasteiger partial charge is 0.478 e. The van der Waals surface area contributed by atoms with Crippen molar-refractivity contribution in [1.29, 1.82) is 0 Å². The van der Waals surface area contributed by atoms with Crippen LogP contribution in [0.5, 0.6) is 0 Å². The van der Waals surface area contributed by atoms with Crippen LogP contribution in [0.2, 0.25) is 0 Å². The van der Waals surface area contributed by atoms with Crippen molar-refractivity contribution >= 4 is 17.7 Å². The molecule has 0 aliphatic rings. The SMILES string of the molecule is C=CCOC(=O)Nc1c(C(=O)O)ccc(C)c1F. The monoisotopic (exact) mass is 253 g/mol. The van der Waals surface area contributed by atoms with Crippen molar-refractivity contribution in [3.63, 3.8) is 0 Å². The molecule has 96 valence electrons. The van der Waals surface area contributed by atoms with Gasteiger partial charge in [0.15, 0.2) is 5.82 Å². The van der Waals surface area contributed by atoms with Gasteiger partial charge in [-0.2, -0.15) is 0 Å². The van der Waals surface area contributed by atoms with Crippen molar-refractivity contribution in [3.05, 3.63) is 41.7 Å². The van der Waals surface area contributed by atoms with Crippen molar-refractivity contribution in [3.8, 4) is 0 Å². The third-order valence-corrected chi connectivity index (χ3v) is 2.12. The highest BCUT2D eigenvalue weighted by atomic mass is 19.1. The Labute approximate surface area is 103 Å². The van der Waals surface area contributed by atoms with E-state index in [1.165, 1.54) is 25.1 Å². The Morgan fingerprint density at radius 3 is 2.78 bits per heavy atom. The van der Waals surface area contributed by atoms with E-state index >= 15 is 0 Å². The van der Waals surface area contributed by atoms with E-state index < -0.39 is 23.6 Å². The molecule has 0 radical (unpaired) electrons. The summed E-state index contributed by atoms with van der Waals surface area (Å²) in [6.07, 6.45) is 0.395. The smallest absolute Gasteiger partial charge is 0.412 e. The minimum absolute atomic E-state index is 0.0539. The second-order valence-corrected chi connectivity index (χ2v) is 3.44. The third-order valence-electron chi connectivity index (χ3n) is 2.12. The lowest BCUT2D eigenvalue weighted by atomic mass is 10.1. The average Bonchev–Trinajstić information content (AvgIpc) is 2.32. The summed E-state index contributed by atoms with van der Waals surface area (Å²) >= 11 is 0. The van der Waals surface area contributed by atoms with Crippen molar-refractivity contribution < 1.29 is 23.8 Å². The van der Waals surface area contributed by atoms with Crippen LogP contribution < -0.4 is 5.32 Å². The average molecular weight is 253 g/mol. The molecule has 1 amide bonds. The van der Waals surface area contributed by atoms with Gasteiger partial charge >= 0.3 is 12.1 Å². The van der Waals surface area contributed by atoms with Crippen molar-refractivity contribution in [2.24, 2.45) is 0 Å². The van der Waals surface area contributed by atoms with Crippen LogP contribution in [-0.4, -0.2) is 23.8 Å². The Hall–Kier alpha value is -2.37. The molecule has 0 aliphatic carbocycles. The molecule has 0 atom stereocenters. The molecule has 0 heterocycles. The number of nitrogens with one attached hydrogen (secondary N) is 1. The fourth-order valence-corrected chi connectivity index (χ4v) is 1.25. The fraction of sp³-hybridized carbons (Fsp3) is 0.167. The van der Waals surface area contributed by atoms with E-state index in [9.17, 15) is 14.0 Å². The minimum Gasteiger partial charge on any atom is -0.478 e. The van der Waals surface area contributed by atoms with Crippen LogP contribution in [-0.2, 0) is 4.74 Å². The second-order valence-electron chi connectivity index (χ2n) is 3.44. The molecule has 0 spiro atoms. The van der Waals surface area contributed by atoms with Crippen LogP contribution in [0.4, 0.5) is 14.9 Å². The third kappa shape index (κ3) is 3.07. The van der Waals surface area contributed by atoms with Gasteiger partial charge in [0.25, 0.3) is 0 Å². The van der Waals surface area contributed by atoms with Crippen LogP contribution in [0.1, 0.15) is 15.9 Å². The lowest BCUT2D eigenvalue weighted by Crippen LogP contribution is -2.17. The van der Waals surface area contributed by atoms with E-state index in [0.717, 1.165) is 0 Å². The number of ether oxygens (including phenoxy) is 1. The number of aromatic carboxylic acids is 1. The molecule has 1 aromatic rings. The zero-order chi connectivity index (χ0) is 13.7. The van der Waals surface area contributed by atoms with Crippen LogP contribution in [0.25, 0.3) is 0 Å². The molecule has 2 N–H and O–H groups in total. The summed E-state index contributed by atoms with van der Waals surface area (Å²) < 4.78 is 18.3. The van der Waals surface area contributed by atoms with E-state index in [4.69, 9.17) is 5.11 Å². The first kappa shape index (κ1) is 13.7. The summed E-state index contributed by atoms with van der Waals surface area (Å²) in [7, 11) is 0. The number of benzene rings is 1. The molecular formula is C12H12FNO4. The van der Waals surface area contributed by atoms with Crippen LogP contribution in [0.15, 0.2) is 24.8 Å². The summed E-state index contributed by atoms with van der Waals surface area (Å²) in [6.45, 7) is 4.75. The van der Waals surface area contributed by atoms with E-state index in [2.05, 4.69) is 16.6 Å². The summed E-state index contributed by atoms with van der Waals surface area (Å²) in [5.74, 6) is -2.14. The second kappa shape index (κ2) is 5.81. The summed E-state index contributed by atoms with van der Waals surface area (Å²) in [5.41, 5.74) is -0.524. The Bertz CT molecular complexity index is 499. The topological polar surface area (TPSA) is 75.6 Å². The number of carbonyl (C=O) groups excluding carboxylic acids is 1. The minimum atomic E-state index is -1.34. The van der Waals surface area contributed by atoms with Crippen LogP contribution in [0.3, 0.4) is 0 Å². The highest BCUT2D eigenvalue weighted by molar-refractivity contribution is 5.99. The number of carboxylic acids is 1.